The third kappa shape index (κ3) is 2.37. The lowest BCUT2D eigenvalue weighted by Crippen LogP contribution is -2.24. The summed E-state index contributed by atoms with van der Waals surface area (Å²) < 4.78 is 5.11. The van der Waals surface area contributed by atoms with Gasteiger partial charge in [0, 0.05) is 11.9 Å². The molecule has 1 aromatic heterocycles. The first kappa shape index (κ1) is 9.32. The van der Waals surface area contributed by atoms with Crippen molar-refractivity contribution in [2.45, 2.75) is 6.92 Å². The van der Waals surface area contributed by atoms with Crippen LogP contribution >= 0.6 is 15.9 Å². The molecule has 3 nitrogen and oxygen atoms in total. The minimum atomic E-state index is -0.164. The molecule has 4 heteroatoms. The van der Waals surface area contributed by atoms with Gasteiger partial charge in [-0.3, -0.25) is 4.79 Å². The molecule has 1 heterocycles. The van der Waals surface area contributed by atoms with Crippen LogP contribution in [0.1, 0.15) is 16.3 Å². The Morgan fingerprint density at radius 1 is 1.67 bits per heavy atom. The average Bonchev–Trinajstić information content (AvgIpc) is 2.47. The van der Waals surface area contributed by atoms with E-state index in [4.69, 9.17) is 4.42 Å². The largest absolute Gasteiger partial charge is 0.456 e. The third-order valence-electron chi connectivity index (χ3n) is 1.34. The van der Waals surface area contributed by atoms with Crippen molar-refractivity contribution in [2.75, 3.05) is 11.9 Å². The summed E-state index contributed by atoms with van der Waals surface area (Å²) in [4.78, 5) is 11.2. The van der Waals surface area contributed by atoms with Crippen LogP contribution in [0.4, 0.5) is 0 Å². The lowest BCUT2D eigenvalue weighted by atomic mass is 10.4. The summed E-state index contributed by atoms with van der Waals surface area (Å²) in [5, 5.41) is 3.43. The van der Waals surface area contributed by atoms with Gasteiger partial charge in [0.25, 0.3) is 5.91 Å². The van der Waals surface area contributed by atoms with E-state index in [1.54, 1.807) is 19.1 Å². The molecule has 1 N–H and O–H groups in total. The Morgan fingerprint density at radius 3 is 2.92 bits per heavy atom. The average molecular weight is 232 g/mol. The highest BCUT2D eigenvalue weighted by atomic mass is 79.9. The number of halogens is 1. The maximum atomic E-state index is 11.2. The molecule has 0 bridgehead atoms. The lowest BCUT2D eigenvalue weighted by Gasteiger charge is -1.97. The number of carbonyl (C=O) groups excluding carboxylic acids is 1. The molecular formula is C8H10BrNO2. The standard InChI is InChI=1S/C8H10BrNO2/c1-6-2-3-7(12-6)8(11)10-5-4-9/h2-3H,4-5H2,1H3,(H,10,11). The molecule has 0 aliphatic carbocycles. The number of amides is 1. The van der Waals surface area contributed by atoms with Gasteiger partial charge in [0.05, 0.1) is 0 Å². The molecule has 0 fully saturated rings. The maximum Gasteiger partial charge on any atom is 0.287 e. The zero-order valence-corrected chi connectivity index (χ0v) is 8.35. The van der Waals surface area contributed by atoms with E-state index in [0.29, 0.717) is 12.3 Å². The molecule has 66 valence electrons. The maximum absolute atomic E-state index is 11.2. The molecule has 0 radical (unpaired) electrons. The molecule has 0 saturated carbocycles. The quantitative estimate of drug-likeness (QED) is 0.806. The smallest absolute Gasteiger partial charge is 0.287 e. The van der Waals surface area contributed by atoms with Crippen molar-refractivity contribution in [3.63, 3.8) is 0 Å². The topological polar surface area (TPSA) is 42.2 Å². The van der Waals surface area contributed by atoms with Gasteiger partial charge in [-0.15, -0.1) is 0 Å². The second kappa shape index (κ2) is 4.30. The molecule has 0 unspecified atom stereocenters. The fraction of sp³-hybridized carbons (Fsp3) is 0.375. The van der Waals surface area contributed by atoms with Crippen molar-refractivity contribution in [3.05, 3.63) is 23.7 Å². The number of hydrogen-bond donors (Lipinski definition) is 1. The molecule has 1 amide bonds. The van der Waals surface area contributed by atoms with E-state index in [-0.39, 0.29) is 5.91 Å². The second-order valence-corrected chi connectivity index (χ2v) is 3.15. The number of rotatable bonds is 3. The molecule has 0 atom stereocenters. The summed E-state index contributed by atoms with van der Waals surface area (Å²) in [6.45, 7) is 2.42. The monoisotopic (exact) mass is 231 g/mol. The summed E-state index contributed by atoms with van der Waals surface area (Å²) >= 11 is 3.21. The number of nitrogens with one attached hydrogen (secondary N) is 1. The van der Waals surface area contributed by atoms with Crippen molar-refractivity contribution < 1.29 is 9.21 Å². The first-order valence-electron chi connectivity index (χ1n) is 3.64. The van der Waals surface area contributed by atoms with Crippen LogP contribution in [0.5, 0.6) is 0 Å². The van der Waals surface area contributed by atoms with Crippen molar-refractivity contribution in [2.24, 2.45) is 0 Å². The zero-order chi connectivity index (χ0) is 8.97. The minimum absolute atomic E-state index is 0.164. The number of carbonyl (C=O) groups is 1. The van der Waals surface area contributed by atoms with Gasteiger partial charge in [0.2, 0.25) is 0 Å². The first-order chi connectivity index (χ1) is 5.74. The molecule has 0 spiro atoms. The molecule has 0 aliphatic heterocycles. The van der Waals surface area contributed by atoms with Crippen LogP contribution in [-0.4, -0.2) is 17.8 Å². The summed E-state index contributed by atoms with van der Waals surface area (Å²) in [5.41, 5.74) is 0. The van der Waals surface area contributed by atoms with E-state index in [1.165, 1.54) is 0 Å². The van der Waals surface area contributed by atoms with Crippen LogP contribution in [0.15, 0.2) is 16.5 Å². The zero-order valence-electron chi connectivity index (χ0n) is 6.76. The van der Waals surface area contributed by atoms with Crippen molar-refractivity contribution in [3.8, 4) is 0 Å². The van der Waals surface area contributed by atoms with E-state index in [9.17, 15) is 4.79 Å². The summed E-state index contributed by atoms with van der Waals surface area (Å²) in [5.74, 6) is 0.954. The number of furan rings is 1. The fourth-order valence-electron chi connectivity index (χ4n) is 0.804. The Labute approximate surface area is 79.3 Å². The van der Waals surface area contributed by atoms with Crippen molar-refractivity contribution in [1.82, 2.24) is 5.32 Å². The predicted octanol–water partition coefficient (Wildman–Crippen LogP) is 1.71. The lowest BCUT2D eigenvalue weighted by molar-refractivity contribution is 0.0927. The van der Waals surface area contributed by atoms with E-state index in [0.717, 1.165) is 11.1 Å². The summed E-state index contributed by atoms with van der Waals surface area (Å²) in [7, 11) is 0. The highest BCUT2D eigenvalue weighted by molar-refractivity contribution is 9.09. The van der Waals surface area contributed by atoms with Gasteiger partial charge >= 0.3 is 0 Å². The summed E-state index contributed by atoms with van der Waals surface area (Å²) in [6.07, 6.45) is 0. The summed E-state index contributed by atoms with van der Waals surface area (Å²) in [6, 6.07) is 3.43. The molecular weight excluding hydrogens is 222 g/mol. The van der Waals surface area contributed by atoms with Crippen LogP contribution < -0.4 is 5.32 Å². The SMILES string of the molecule is Cc1ccc(C(=O)NCCBr)o1. The molecule has 0 saturated heterocycles. The molecule has 1 rings (SSSR count). The minimum Gasteiger partial charge on any atom is -0.456 e. The normalized spacial score (nSPS) is 9.83. The Hall–Kier alpha value is -0.770. The van der Waals surface area contributed by atoms with Gasteiger partial charge in [0.1, 0.15) is 5.76 Å². The Morgan fingerprint density at radius 2 is 2.42 bits per heavy atom. The van der Waals surface area contributed by atoms with Crippen LogP contribution in [0.25, 0.3) is 0 Å². The van der Waals surface area contributed by atoms with E-state index in [2.05, 4.69) is 21.2 Å². The molecule has 0 aliphatic rings. The third-order valence-corrected chi connectivity index (χ3v) is 1.74. The van der Waals surface area contributed by atoms with Crippen LogP contribution in [0, 0.1) is 6.92 Å². The van der Waals surface area contributed by atoms with Gasteiger partial charge in [-0.25, -0.2) is 0 Å². The first-order valence-corrected chi connectivity index (χ1v) is 4.77. The molecule has 0 aromatic carbocycles. The molecule has 12 heavy (non-hydrogen) atoms. The van der Waals surface area contributed by atoms with Crippen LogP contribution in [-0.2, 0) is 0 Å². The van der Waals surface area contributed by atoms with Crippen molar-refractivity contribution in [1.29, 1.82) is 0 Å². The Kier molecular flexibility index (Phi) is 3.34. The second-order valence-electron chi connectivity index (χ2n) is 2.36. The highest BCUT2D eigenvalue weighted by Gasteiger charge is 2.07. The van der Waals surface area contributed by atoms with E-state index < -0.39 is 0 Å². The number of hydrogen-bond acceptors (Lipinski definition) is 2. The van der Waals surface area contributed by atoms with Crippen LogP contribution in [0.2, 0.25) is 0 Å². The Balaban J connectivity index is 2.53. The van der Waals surface area contributed by atoms with E-state index >= 15 is 0 Å². The van der Waals surface area contributed by atoms with Gasteiger partial charge in [-0.05, 0) is 19.1 Å². The van der Waals surface area contributed by atoms with Crippen molar-refractivity contribution >= 4 is 21.8 Å². The number of aryl methyl sites for hydroxylation is 1. The predicted molar refractivity (Wildman–Crippen MR) is 49.6 cm³/mol. The highest BCUT2D eigenvalue weighted by Crippen LogP contribution is 2.05. The fourth-order valence-corrected chi connectivity index (χ4v) is 1.00. The van der Waals surface area contributed by atoms with Crippen LogP contribution in [0.3, 0.4) is 0 Å². The van der Waals surface area contributed by atoms with Gasteiger partial charge in [0.15, 0.2) is 5.76 Å². The number of alkyl halides is 1. The van der Waals surface area contributed by atoms with Gasteiger partial charge in [-0.2, -0.15) is 0 Å². The van der Waals surface area contributed by atoms with Gasteiger partial charge < -0.3 is 9.73 Å². The van der Waals surface area contributed by atoms with E-state index in [1.807, 2.05) is 0 Å². The Bertz CT molecular complexity index is 270. The van der Waals surface area contributed by atoms with Gasteiger partial charge in [-0.1, -0.05) is 15.9 Å². The molecule has 1 aromatic rings.